The van der Waals surface area contributed by atoms with Gasteiger partial charge in [0, 0.05) is 6.42 Å². The Morgan fingerprint density at radius 3 is 2.93 bits per heavy atom. The molecule has 0 saturated carbocycles. The van der Waals surface area contributed by atoms with Crippen molar-refractivity contribution < 1.29 is 14.3 Å². The lowest BCUT2D eigenvalue weighted by Crippen LogP contribution is -2.17. The SMILES string of the molecule is NCCCC(Cc1ccco1)C(=O)O. The van der Waals surface area contributed by atoms with Gasteiger partial charge in [-0.15, -0.1) is 0 Å². The molecular weight excluding hydrogens is 182 g/mol. The molecule has 3 N–H and O–H groups in total. The van der Waals surface area contributed by atoms with E-state index < -0.39 is 5.97 Å². The summed E-state index contributed by atoms with van der Waals surface area (Å²) >= 11 is 0. The lowest BCUT2D eigenvalue weighted by Gasteiger charge is -2.09. The number of hydrogen-bond donors (Lipinski definition) is 2. The molecule has 0 fully saturated rings. The zero-order valence-corrected chi connectivity index (χ0v) is 7.98. The maximum absolute atomic E-state index is 10.8. The zero-order valence-electron chi connectivity index (χ0n) is 7.98. The van der Waals surface area contributed by atoms with Gasteiger partial charge in [-0.3, -0.25) is 4.79 Å². The van der Waals surface area contributed by atoms with Crippen molar-refractivity contribution >= 4 is 5.97 Å². The molecule has 1 rings (SSSR count). The van der Waals surface area contributed by atoms with Crippen LogP contribution in [0.5, 0.6) is 0 Å². The van der Waals surface area contributed by atoms with Crippen molar-refractivity contribution in [2.75, 3.05) is 6.54 Å². The molecule has 0 aliphatic rings. The van der Waals surface area contributed by atoms with Crippen LogP contribution in [0.4, 0.5) is 0 Å². The van der Waals surface area contributed by atoms with E-state index in [4.69, 9.17) is 15.3 Å². The minimum atomic E-state index is -0.783. The Labute approximate surface area is 82.7 Å². The fourth-order valence-electron chi connectivity index (χ4n) is 1.35. The normalized spacial score (nSPS) is 12.6. The fraction of sp³-hybridized carbons (Fsp3) is 0.500. The molecule has 1 heterocycles. The number of carboxylic acid groups (broad SMARTS) is 1. The number of hydrogen-bond acceptors (Lipinski definition) is 3. The highest BCUT2D eigenvalue weighted by Crippen LogP contribution is 2.14. The molecule has 0 bridgehead atoms. The Morgan fingerprint density at radius 2 is 2.43 bits per heavy atom. The van der Waals surface area contributed by atoms with Crippen LogP contribution in [0.2, 0.25) is 0 Å². The average molecular weight is 197 g/mol. The molecule has 0 aliphatic carbocycles. The van der Waals surface area contributed by atoms with E-state index in [1.807, 2.05) is 0 Å². The fourth-order valence-corrected chi connectivity index (χ4v) is 1.35. The van der Waals surface area contributed by atoms with Gasteiger partial charge in [0.05, 0.1) is 12.2 Å². The zero-order chi connectivity index (χ0) is 10.4. The first-order chi connectivity index (χ1) is 6.74. The average Bonchev–Trinajstić information content (AvgIpc) is 2.64. The molecule has 1 aromatic heterocycles. The summed E-state index contributed by atoms with van der Waals surface area (Å²) in [5, 5.41) is 8.92. The summed E-state index contributed by atoms with van der Waals surface area (Å²) in [5.74, 6) is -0.450. The van der Waals surface area contributed by atoms with E-state index in [2.05, 4.69) is 0 Å². The minimum Gasteiger partial charge on any atom is -0.481 e. The minimum absolute atomic E-state index is 0.385. The standard InChI is InChI=1S/C10H15NO3/c11-5-1-3-8(10(12)13)7-9-4-2-6-14-9/h2,4,6,8H,1,3,5,7,11H2,(H,12,13). The largest absolute Gasteiger partial charge is 0.481 e. The molecule has 1 aromatic rings. The summed E-state index contributed by atoms with van der Waals surface area (Å²) < 4.78 is 5.10. The highest BCUT2D eigenvalue weighted by atomic mass is 16.4. The predicted octanol–water partition coefficient (Wildman–Crippen LogP) is 1.26. The third-order valence-electron chi connectivity index (χ3n) is 2.13. The Bertz CT molecular complexity index is 269. The predicted molar refractivity (Wildman–Crippen MR) is 51.8 cm³/mol. The highest BCUT2D eigenvalue weighted by molar-refractivity contribution is 5.70. The molecule has 78 valence electrons. The lowest BCUT2D eigenvalue weighted by molar-refractivity contribution is -0.142. The van der Waals surface area contributed by atoms with Gasteiger partial charge in [0.25, 0.3) is 0 Å². The smallest absolute Gasteiger partial charge is 0.306 e. The Morgan fingerprint density at radius 1 is 1.64 bits per heavy atom. The molecule has 14 heavy (non-hydrogen) atoms. The van der Waals surface area contributed by atoms with Crippen molar-refractivity contribution in [1.29, 1.82) is 0 Å². The van der Waals surface area contributed by atoms with Gasteiger partial charge < -0.3 is 15.3 Å². The van der Waals surface area contributed by atoms with Gasteiger partial charge in [0.15, 0.2) is 0 Å². The van der Waals surface area contributed by atoms with Gasteiger partial charge in [-0.25, -0.2) is 0 Å². The Balaban J connectivity index is 2.47. The molecule has 0 spiro atoms. The van der Waals surface area contributed by atoms with Crippen LogP contribution in [0.25, 0.3) is 0 Å². The van der Waals surface area contributed by atoms with Crippen LogP contribution >= 0.6 is 0 Å². The number of nitrogens with two attached hydrogens (primary N) is 1. The lowest BCUT2D eigenvalue weighted by atomic mass is 9.98. The van der Waals surface area contributed by atoms with Crippen LogP contribution in [-0.2, 0) is 11.2 Å². The van der Waals surface area contributed by atoms with E-state index >= 15 is 0 Å². The van der Waals surface area contributed by atoms with E-state index in [0.717, 1.165) is 12.2 Å². The second-order valence-corrected chi connectivity index (χ2v) is 3.25. The molecule has 1 atom stereocenters. The van der Waals surface area contributed by atoms with Crippen molar-refractivity contribution in [3.05, 3.63) is 24.2 Å². The first-order valence-electron chi connectivity index (χ1n) is 4.69. The summed E-state index contributed by atoms with van der Waals surface area (Å²) in [6, 6.07) is 3.55. The van der Waals surface area contributed by atoms with Crippen molar-refractivity contribution in [3.8, 4) is 0 Å². The Kier molecular flexibility index (Phi) is 4.19. The number of aliphatic carboxylic acids is 1. The summed E-state index contributed by atoms with van der Waals surface area (Å²) in [7, 11) is 0. The maximum Gasteiger partial charge on any atom is 0.306 e. The van der Waals surface area contributed by atoms with Crippen molar-refractivity contribution in [2.45, 2.75) is 19.3 Å². The molecule has 4 heteroatoms. The number of rotatable bonds is 6. The number of carboxylic acids is 1. The van der Waals surface area contributed by atoms with E-state index in [9.17, 15) is 4.79 Å². The quantitative estimate of drug-likeness (QED) is 0.719. The van der Waals surface area contributed by atoms with Crippen LogP contribution in [0.15, 0.2) is 22.8 Å². The van der Waals surface area contributed by atoms with Crippen LogP contribution < -0.4 is 5.73 Å². The first kappa shape index (κ1) is 10.8. The topological polar surface area (TPSA) is 76.5 Å². The van der Waals surface area contributed by atoms with Gasteiger partial charge in [0.2, 0.25) is 0 Å². The van der Waals surface area contributed by atoms with Crippen LogP contribution in [-0.4, -0.2) is 17.6 Å². The van der Waals surface area contributed by atoms with Crippen molar-refractivity contribution in [2.24, 2.45) is 11.7 Å². The van der Waals surface area contributed by atoms with E-state index in [0.29, 0.717) is 19.4 Å². The van der Waals surface area contributed by atoms with Gasteiger partial charge >= 0.3 is 5.97 Å². The molecule has 0 amide bonds. The van der Waals surface area contributed by atoms with Crippen LogP contribution in [0.1, 0.15) is 18.6 Å². The number of carbonyl (C=O) groups is 1. The third kappa shape index (κ3) is 3.22. The molecule has 0 saturated heterocycles. The van der Waals surface area contributed by atoms with Crippen molar-refractivity contribution in [1.82, 2.24) is 0 Å². The van der Waals surface area contributed by atoms with Crippen molar-refractivity contribution in [3.63, 3.8) is 0 Å². The summed E-state index contributed by atoms with van der Waals surface area (Å²) in [4.78, 5) is 10.8. The van der Waals surface area contributed by atoms with Crippen LogP contribution in [0, 0.1) is 5.92 Å². The second-order valence-electron chi connectivity index (χ2n) is 3.25. The molecule has 0 aromatic carbocycles. The van der Waals surface area contributed by atoms with E-state index in [-0.39, 0.29) is 5.92 Å². The molecule has 4 nitrogen and oxygen atoms in total. The van der Waals surface area contributed by atoms with Crippen LogP contribution in [0.3, 0.4) is 0 Å². The first-order valence-corrected chi connectivity index (χ1v) is 4.69. The maximum atomic E-state index is 10.8. The molecular formula is C10H15NO3. The summed E-state index contributed by atoms with van der Waals surface area (Å²) in [6.45, 7) is 0.530. The molecule has 0 aliphatic heterocycles. The Hall–Kier alpha value is -1.29. The van der Waals surface area contributed by atoms with E-state index in [1.54, 1.807) is 18.4 Å². The second kappa shape index (κ2) is 5.44. The van der Waals surface area contributed by atoms with Gasteiger partial charge in [-0.2, -0.15) is 0 Å². The molecule has 0 radical (unpaired) electrons. The summed E-state index contributed by atoms with van der Waals surface area (Å²) in [6.07, 6.45) is 3.34. The monoisotopic (exact) mass is 197 g/mol. The molecule has 1 unspecified atom stereocenters. The van der Waals surface area contributed by atoms with E-state index in [1.165, 1.54) is 0 Å². The van der Waals surface area contributed by atoms with Gasteiger partial charge in [-0.05, 0) is 31.5 Å². The van der Waals surface area contributed by atoms with Gasteiger partial charge in [0.1, 0.15) is 5.76 Å². The van der Waals surface area contributed by atoms with Gasteiger partial charge in [-0.1, -0.05) is 0 Å². The summed E-state index contributed by atoms with van der Waals surface area (Å²) in [5.41, 5.74) is 5.33. The third-order valence-corrected chi connectivity index (χ3v) is 2.13. The highest BCUT2D eigenvalue weighted by Gasteiger charge is 2.18. The number of furan rings is 1.